The number of benzene rings is 3. The summed E-state index contributed by atoms with van der Waals surface area (Å²) in [5.74, 6) is 0. The fraction of sp³-hybridized carbons (Fsp3) is 0.217. The lowest BCUT2D eigenvalue weighted by atomic mass is 10.0. The molecule has 1 N–H and O–H groups in total. The summed E-state index contributed by atoms with van der Waals surface area (Å²) in [5, 5.41) is 4.46. The molecule has 0 spiro atoms. The van der Waals surface area contributed by atoms with Gasteiger partial charge in [0.1, 0.15) is 0 Å². The van der Waals surface area contributed by atoms with Crippen LogP contribution in [0.25, 0.3) is 11.1 Å². The van der Waals surface area contributed by atoms with Crippen LogP contribution in [-0.4, -0.2) is 13.1 Å². The summed E-state index contributed by atoms with van der Waals surface area (Å²) < 4.78 is 0. The van der Waals surface area contributed by atoms with Gasteiger partial charge in [0.15, 0.2) is 0 Å². The fourth-order valence-corrected chi connectivity index (χ4v) is 4.05. The lowest BCUT2D eigenvalue weighted by molar-refractivity contribution is 0.866. The maximum atomic E-state index is 6.54. The van der Waals surface area contributed by atoms with Gasteiger partial charge in [0.05, 0.1) is 16.8 Å². The minimum Gasteiger partial charge on any atom is -0.373 e. The zero-order chi connectivity index (χ0) is 18.1. The quantitative estimate of drug-likeness (QED) is 0.567. The third-order valence-corrected chi connectivity index (χ3v) is 5.54. The second-order valence-electron chi connectivity index (χ2n) is 6.59. The maximum absolute atomic E-state index is 6.54. The second kappa shape index (κ2) is 7.05. The Labute approximate surface area is 160 Å². The van der Waals surface area contributed by atoms with Gasteiger partial charge in [0.25, 0.3) is 0 Å². The Kier molecular flexibility index (Phi) is 4.60. The second-order valence-corrected chi connectivity index (χ2v) is 7.00. The molecule has 0 atom stereocenters. The molecular formula is C23H23ClN2. The van der Waals surface area contributed by atoms with Crippen molar-refractivity contribution in [3.05, 3.63) is 82.9 Å². The molecule has 0 fully saturated rings. The van der Waals surface area contributed by atoms with Crippen molar-refractivity contribution in [1.29, 1.82) is 0 Å². The molecule has 4 rings (SSSR count). The van der Waals surface area contributed by atoms with Gasteiger partial charge in [-0.25, -0.2) is 0 Å². The minimum absolute atomic E-state index is 0.117. The molecule has 1 aliphatic carbocycles. The van der Waals surface area contributed by atoms with E-state index in [2.05, 4.69) is 84.7 Å². The molecule has 0 aromatic heterocycles. The van der Waals surface area contributed by atoms with E-state index in [1.54, 1.807) is 0 Å². The van der Waals surface area contributed by atoms with Crippen LogP contribution in [0, 0.1) is 0 Å². The molecule has 26 heavy (non-hydrogen) atoms. The van der Waals surface area contributed by atoms with Gasteiger partial charge in [0.2, 0.25) is 0 Å². The highest BCUT2D eigenvalue weighted by atomic mass is 35.5. The van der Waals surface area contributed by atoms with Crippen LogP contribution in [-0.2, 0) is 0 Å². The SMILES string of the molecule is CCN(CC)c1ccc(Cl)c(NC2c3ccccc3-c3ccccc32)c1. The Hall–Kier alpha value is -2.45. The van der Waals surface area contributed by atoms with Crippen LogP contribution in [0.1, 0.15) is 31.0 Å². The minimum atomic E-state index is 0.117. The standard InChI is InChI=1S/C23H23ClN2/c1-3-26(4-2)16-13-14-21(24)22(15-16)25-23-19-11-7-5-9-17(19)18-10-6-8-12-20(18)23/h5-15,23,25H,3-4H2,1-2H3. The van der Waals surface area contributed by atoms with Crippen molar-refractivity contribution in [2.45, 2.75) is 19.9 Å². The molecule has 0 saturated heterocycles. The molecular weight excluding hydrogens is 340 g/mol. The van der Waals surface area contributed by atoms with E-state index < -0.39 is 0 Å². The summed E-state index contributed by atoms with van der Waals surface area (Å²) in [7, 11) is 0. The zero-order valence-electron chi connectivity index (χ0n) is 15.2. The number of hydrogen-bond donors (Lipinski definition) is 1. The zero-order valence-corrected chi connectivity index (χ0v) is 15.9. The molecule has 2 nitrogen and oxygen atoms in total. The Balaban J connectivity index is 1.75. The number of hydrogen-bond acceptors (Lipinski definition) is 2. The molecule has 3 aromatic rings. The molecule has 0 radical (unpaired) electrons. The van der Waals surface area contributed by atoms with Crippen molar-refractivity contribution in [2.24, 2.45) is 0 Å². The van der Waals surface area contributed by atoms with Gasteiger partial charge in [-0.3, -0.25) is 0 Å². The van der Waals surface area contributed by atoms with E-state index in [1.165, 1.54) is 27.9 Å². The number of halogens is 1. The molecule has 3 heteroatoms. The van der Waals surface area contributed by atoms with Crippen LogP contribution < -0.4 is 10.2 Å². The molecule has 132 valence electrons. The van der Waals surface area contributed by atoms with Gasteiger partial charge in [-0.05, 0) is 54.3 Å². The summed E-state index contributed by atoms with van der Waals surface area (Å²) in [6.07, 6.45) is 0. The van der Waals surface area contributed by atoms with Crippen molar-refractivity contribution < 1.29 is 0 Å². The lowest BCUT2D eigenvalue weighted by Crippen LogP contribution is -2.22. The molecule has 1 aliphatic rings. The van der Waals surface area contributed by atoms with E-state index in [0.29, 0.717) is 0 Å². The Morgan fingerprint density at radius 3 is 2.00 bits per heavy atom. The monoisotopic (exact) mass is 362 g/mol. The van der Waals surface area contributed by atoms with E-state index >= 15 is 0 Å². The molecule has 0 amide bonds. The topological polar surface area (TPSA) is 15.3 Å². The van der Waals surface area contributed by atoms with E-state index in [0.717, 1.165) is 23.8 Å². The summed E-state index contributed by atoms with van der Waals surface area (Å²) in [6, 6.07) is 23.6. The predicted molar refractivity (Wildman–Crippen MR) is 112 cm³/mol. The van der Waals surface area contributed by atoms with E-state index in [9.17, 15) is 0 Å². The third kappa shape index (κ3) is 2.85. The van der Waals surface area contributed by atoms with Gasteiger partial charge in [0, 0.05) is 18.8 Å². The molecule has 0 bridgehead atoms. The van der Waals surface area contributed by atoms with Crippen molar-refractivity contribution in [3.63, 3.8) is 0 Å². The predicted octanol–water partition coefficient (Wildman–Crippen LogP) is 6.37. The number of fused-ring (bicyclic) bond motifs is 3. The molecule has 0 unspecified atom stereocenters. The fourth-order valence-electron chi connectivity index (χ4n) is 3.88. The molecule has 0 heterocycles. The summed E-state index contributed by atoms with van der Waals surface area (Å²) in [6.45, 7) is 6.31. The first-order valence-corrected chi connectivity index (χ1v) is 9.60. The molecule has 0 saturated carbocycles. The maximum Gasteiger partial charge on any atom is 0.0780 e. The van der Waals surface area contributed by atoms with Crippen molar-refractivity contribution >= 4 is 23.0 Å². The van der Waals surface area contributed by atoms with Gasteiger partial charge in [-0.2, -0.15) is 0 Å². The first-order valence-electron chi connectivity index (χ1n) is 9.22. The first-order chi connectivity index (χ1) is 12.7. The Morgan fingerprint density at radius 1 is 0.846 bits per heavy atom. The number of anilines is 2. The van der Waals surface area contributed by atoms with Gasteiger partial charge < -0.3 is 10.2 Å². The van der Waals surface area contributed by atoms with Crippen LogP contribution in [0.5, 0.6) is 0 Å². The first kappa shape index (κ1) is 17.0. The largest absolute Gasteiger partial charge is 0.373 e. The summed E-state index contributed by atoms with van der Waals surface area (Å²) in [4.78, 5) is 2.33. The van der Waals surface area contributed by atoms with Gasteiger partial charge in [-0.15, -0.1) is 0 Å². The van der Waals surface area contributed by atoms with Crippen LogP contribution in [0.15, 0.2) is 66.7 Å². The van der Waals surface area contributed by atoms with E-state index in [-0.39, 0.29) is 6.04 Å². The Morgan fingerprint density at radius 2 is 1.42 bits per heavy atom. The normalized spacial score (nSPS) is 12.6. The van der Waals surface area contributed by atoms with Gasteiger partial charge >= 0.3 is 0 Å². The van der Waals surface area contributed by atoms with E-state index in [4.69, 9.17) is 11.6 Å². The highest BCUT2D eigenvalue weighted by molar-refractivity contribution is 6.33. The van der Waals surface area contributed by atoms with Gasteiger partial charge in [-0.1, -0.05) is 60.1 Å². The van der Waals surface area contributed by atoms with Crippen molar-refractivity contribution in [3.8, 4) is 11.1 Å². The van der Waals surface area contributed by atoms with E-state index in [1.807, 2.05) is 6.07 Å². The smallest absolute Gasteiger partial charge is 0.0780 e. The molecule has 3 aromatic carbocycles. The number of nitrogens with zero attached hydrogens (tertiary/aromatic N) is 1. The molecule has 0 aliphatic heterocycles. The van der Waals surface area contributed by atoms with Crippen LogP contribution in [0.4, 0.5) is 11.4 Å². The van der Waals surface area contributed by atoms with Crippen molar-refractivity contribution in [2.75, 3.05) is 23.3 Å². The average Bonchev–Trinajstić information content (AvgIpc) is 2.99. The highest BCUT2D eigenvalue weighted by Gasteiger charge is 2.28. The lowest BCUT2D eigenvalue weighted by Gasteiger charge is -2.24. The summed E-state index contributed by atoms with van der Waals surface area (Å²) in [5.41, 5.74) is 7.39. The number of rotatable bonds is 5. The Bertz CT molecular complexity index is 885. The summed E-state index contributed by atoms with van der Waals surface area (Å²) >= 11 is 6.54. The van der Waals surface area contributed by atoms with Crippen LogP contribution in [0.2, 0.25) is 5.02 Å². The van der Waals surface area contributed by atoms with Crippen molar-refractivity contribution in [1.82, 2.24) is 0 Å². The highest BCUT2D eigenvalue weighted by Crippen LogP contribution is 2.45. The van der Waals surface area contributed by atoms with Crippen LogP contribution in [0.3, 0.4) is 0 Å². The third-order valence-electron chi connectivity index (χ3n) is 5.21. The average molecular weight is 363 g/mol. The number of nitrogens with one attached hydrogen (secondary N) is 1. The van der Waals surface area contributed by atoms with Crippen LogP contribution >= 0.6 is 11.6 Å².